The molecule has 6 heteroatoms. The summed E-state index contributed by atoms with van der Waals surface area (Å²) in [5, 5.41) is 24.1. The van der Waals surface area contributed by atoms with Gasteiger partial charge >= 0.3 is 0 Å². The maximum Gasteiger partial charge on any atom is 0.253 e. The van der Waals surface area contributed by atoms with Crippen LogP contribution in [0.2, 0.25) is 5.02 Å². The van der Waals surface area contributed by atoms with Crippen LogP contribution < -0.4 is 4.90 Å². The van der Waals surface area contributed by atoms with Crippen LogP contribution >= 0.6 is 11.6 Å². The Labute approximate surface area is 90.0 Å². The van der Waals surface area contributed by atoms with E-state index in [9.17, 15) is 5.21 Å². The number of benzene rings is 1. The van der Waals surface area contributed by atoms with Crippen molar-refractivity contribution in [2.24, 2.45) is 0 Å². The highest BCUT2D eigenvalue weighted by atomic mass is 35.5. The second-order valence-electron chi connectivity index (χ2n) is 2.89. The van der Waals surface area contributed by atoms with Gasteiger partial charge in [0.05, 0.1) is 0 Å². The number of aliphatic hydroxyl groups is 1. The number of aromatic nitrogens is 2. The van der Waals surface area contributed by atoms with Crippen molar-refractivity contribution in [1.29, 1.82) is 0 Å². The summed E-state index contributed by atoms with van der Waals surface area (Å²) in [6.07, 6.45) is 0. The molecule has 1 heterocycles. The maximum absolute atomic E-state index is 11.0. The zero-order chi connectivity index (χ0) is 10.8. The summed E-state index contributed by atoms with van der Waals surface area (Å²) in [6.45, 7) is -0.426. The molecule has 0 fully saturated rings. The van der Waals surface area contributed by atoms with Gasteiger partial charge in [0.15, 0.2) is 0 Å². The number of hydrogen-bond donors (Lipinski definition) is 1. The molecule has 0 unspecified atom stereocenters. The lowest BCUT2D eigenvalue weighted by Crippen LogP contribution is -2.28. The number of aliphatic hydroxyl groups excluding tert-OH is 1. The van der Waals surface area contributed by atoms with Gasteiger partial charge in [-0.25, -0.2) is 0 Å². The number of halogens is 1. The zero-order valence-electron chi connectivity index (χ0n) is 7.55. The van der Waals surface area contributed by atoms with Crippen LogP contribution in [-0.4, -0.2) is 10.3 Å². The minimum atomic E-state index is -0.426. The van der Waals surface area contributed by atoms with Crippen molar-refractivity contribution in [1.82, 2.24) is 5.16 Å². The minimum Gasteiger partial charge on any atom is -0.388 e. The maximum atomic E-state index is 11.0. The van der Waals surface area contributed by atoms with Crippen molar-refractivity contribution in [2.75, 3.05) is 0 Å². The van der Waals surface area contributed by atoms with Gasteiger partial charge in [0.1, 0.15) is 6.61 Å². The van der Waals surface area contributed by atoms with Gasteiger partial charge in [-0.15, -0.1) is 0 Å². The molecule has 1 aromatic carbocycles. The highest BCUT2D eigenvalue weighted by Gasteiger charge is 2.19. The molecule has 78 valence electrons. The van der Waals surface area contributed by atoms with E-state index < -0.39 is 6.61 Å². The van der Waals surface area contributed by atoms with Crippen LogP contribution in [0.25, 0.3) is 11.3 Å². The molecular formula is C9H7ClN2O3. The summed E-state index contributed by atoms with van der Waals surface area (Å²) >= 11 is 5.72. The van der Waals surface area contributed by atoms with Crippen LogP contribution in [0.4, 0.5) is 0 Å². The lowest BCUT2D eigenvalue weighted by Gasteiger charge is -1.94. The average molecular weight is 227 g/mol. The molecule has 2 aromatic rings. The molecule has 0 bridgehead atoms. The highest BCUT2D eigenvalue weighted by Crippen LogP contribution is 2.21. The second kappa shape index (κ2) is 3.88. The Hall–Kier alpha value is -1.59. The molecule has 0 aliphatic rings. The summed E-state index contributed by atoms with van der Waals surface area (Å²) in [6, 6.07) is 6.72. The predicted molar refractivity (Wildman–Crippen MR) is 51.8 cm³/mol. The summed E-state index contributed by atoms with van der Waals surface area (Å²) < 4.78 is 4.39. The van der Waals surface area contributed by atoms with Gasteiger partial charge in [-0.2, -0.15) is 0 Å². The fourth-order valence-corrected chi connectivity index (χ4v) is 1.35. The summed E-state index contributed by atoms with van der Waals surface area (Å²) in [5.41, 5.74) is 1.07. The first-order valence-corrected chi connectivity index (χ1v) is 4.55. The van der Waals surface area contributed by atoms with E-state index >= 15 is 0 Å². The van der Waals surface area contributed by atoms with Crippen LogP contribution in [-0.2, 0) is 6.61 Å². The van der Waals surface area contributed by atoms with Crippen LogP contribution in [0.3, 0.4) is 0 Å². The van der Waals surface area contributed by atoms with Crippen molar-refractivity contribution < 1.29 is 14.6 Å². The lowest BCUT2D eigenvalue weighted by molar-refractivity contribution is -0.809. The monoisotopic (exact) mass is 226 g/mol. The SMILES string of the molecule is [O-][n+]1onc(-c2ccc(Cl)cc2)c1CO. The van der Waals surface area contributed by atoms with Gasteiger partial charge in [0, 0.05) is 15.7 Å². The summed E-state index contributed by atoms with van der Waals surface area (Å²) in [4.78, 5) is 0.184. The molecular weight excluding hydrogens is 220 g/mol. The van der Waals surface area contributed by atoms with E-state index in [4.69, 9.17) is 16.7 Å². The predicted octanol–water partition coefficient (Wildman–Crippen LogP) is 1.12. The van der Waals surface area contributed by atoms with Crippen molar-refractivity contribution in [3.05, 3.63) is 40.2 Å². The Morgan fingerprint density at radius 3 is 2.67 bits per heavy atom. The summed E-state index contributed by atoms with van der Waals surface area (Å²) in [5.74, 6) is 0. The summed E-state index contributed by atoms with van der Waals surface area (Å²) in [7, 11) is 0. The van der Waals surface area contributed by atoms with E-state index in [1.807, 2.05) is 0 Å². The van der Waals surface area contributed by atoms with Gasteiger partial charge in [-0.3, -0.25) is 4.63 Å². The van der Waals surface area contributed by atoms with Gasteiger partial charge < -0.3 is 10.3 Å². The normalized spacial score (nSPS) is 10.5. The van der Waals surface area contributed by atoms with Crippen molar-refractivity contribution in [3.8, 4) is 11.3 Å². The smallest absolute Gasteiger partial charge is 0.253 e. The lowest BCUT2D eigenvalue weighted by atomic mass is 10.1. The van der Waals surface area contributed by atoms with Crippen molar-refractivity contribution in [2.45, 2.75) is 6.61 Å². The Morgan fingerprint density at radius 2 is 2.07 bits per heavy atom. The van der Waals surface area contributed by atoms with Crippen LogP contribution in [0.5, 0.6) is 0 Å². The standard InChI is InChI=1S/C9H7ClN2O3/c10-7-3-1-6(2-4-7)9-8(5-13)12(14)15-11-9/h1-4,13H,5H2. The molecule has 1 aromatic heterocycles. The van der Waals surface area contributed by atoms with Crippen molar-refractivity contribution in [3.63, 3.8) is 0 Å². The Morgan fingerprint density at radius 1 is 1.40 bits per heavy atom. The number of rotatable bonds is 2. The highest BCUT2D eigenvalue weighted by molar-refractivity contribution is 6.30. The molecule has 0 aliphatic carbocycles. The zero-order valence-corrected chi connectivity index (χ0v) is 8.31. The third-order valence-electron chi connectivity index (χ3n) is 1.97. The number of nitrogens with zero attached hydrogens (tertiary/aromatic N) is 2. The molecule has 0 radical (unpaired) electrons. The molecule has 5 nitrogen and oxygen atoms in total. The molecule has 0 atom stereocenters. The van der Waals surface area contributed by atoms with Gasteiger partial charge in [0.2, 0.25) is 5.69 Å². The quantitative estimate of drug-likeness (QED) is 0.779. The van der Waals surface area contributed by atoms with E-state index in [1.165, 1.54) is 0 Å². The molecule has 2 rings (SSSR count). The second-order valence-corrected chi connectivity index (χ2v) is 3.33. The third kappa shape index (κ3) is 1.79. The number of hydrogen-bond acceptors (Lipinski definition) is 4. The van der Waals surface area contributed by atoms with Gasteiger partial charge in [-0.05, 0) is 29.2 Å². The Kier molecular flexibility index (Phi) is 2.57. The fourth-order valence-electron chi connectivity index (χ4n) is 1.23. The van der Waals surface area contributed by atoms with Crippen molar-refractivity contribution >= 4 is 11.6 Å². The van der Waals surface area contributed by atoms with Crippen LogP contribution in [0, 0.1) is 5.21 Å². The average Bonchev–Trinajstić information content (AvgIpc) is 2.61. The molecule has 0 amide bonds. The Bertz CT molecular complexity index is 467. The molecule has 0 saturated heterocycles. The molecule has 0 spiro atoms. The first-order valence-electron chi connectivity index (χ1n) is 4.18. The molecule has 15 heavy (non-hydrogen) atoms. The Balaban J connectivity index is 2.49. The van der Waals surface area contributed by atoms with E-state index in [-0.39, 0.29) is 10.6 Å². The van der Waals surface area contributed by atoms with E-state index in [1.54, 1.807) is 24.3 Å². The minimum absolute atomic E-state index is 0.0809. The van der Waals surface area contributed by atoms with Gasteiger partial charge in [-0.1, -0.05) is 11.6 Å². The molecule has 1 N–H and O–H groups in total. The van der Waals surface area contributed by atoms with E-state index in [2.05, 4.69) is 9.79 Å². The molecule has 0 saturated carbocycles. The first-order chi connectivity index (χ1) is 7.22. The van der Waals surface area contributed by atoms with E-state index in [0.29, 0.717) is 16.3 Å². The van der Waals surface area contributed by atoms with Gasteiger partial charge in [0.25, 0.3) is 5.69 Å². The first kappa shape index (κ1) is 9.95. The largest absolute Gasteiger partial charge is 0.388 e. The molecule has 0 aliphatic heterocycles. The van der Waals surface area contributed by atoms with E-state index in [0.717, 1.165) is 0 Å². The third-order valence-corrected chi connectivity index (χ3v) is 2.22. The topological polar surface area (TPSA) is 73.2 Å². The van der Waals surface area contributed by atoms with Crippen LogP contribution in [0.15, 0.2) is 28.9 Å². The van der Waals surface area contributed by atoms with Crippen LogP contribution in [0.1, 0.15) is 5.69 Å². The fraction of sp³-hybridized carbons (Fsp3) is 0.111.